The fourth-order valence-electron chi connectivity index (χ4n) is 2.46. The predicted octanol–water partition coefficient (Wildman–Crippen LogP) is -0.675. The van der Waals surface area contributed by atoms with Gasteiger partial charge in [0.2, 0.25) is 5.95 Å². The molecule has 2 heterocycles. The maximum Gasteiger partial charge on any atom is 0.304 e. The number of hydrogen-bond donors (Lipinski definition) is 3. The monoisotopic (exact) mass is 295 g/mol. The third-order valence-corrected chi connectivity index (χ3v) is 3.41. The highest BCUT2D eigenvalue weighted by Crippen LogP contribution is 2.16. The first-order chi connectivity index (χ1) is 9.94. The van der Waals surface area contributed by atoms with Gasteiger partial charge >= 0.3 is 5.97 Å². The number of aliphatic hydroxyl groups excluding tert-OH is 1. The molecule has 1 atom stereocenters. The molecule has 8 nitrogen and oxygen atoms in total. The molecule has 0 unspecified atom stereocenters. The SMILES string of the molecule is Cc1cc(N2CCN(CCC(=O)O)C[C@@H](O)C2)nc(N)n1. The van der Waals surface area contributed by atoms with E-state index in [9.17, 15) is 9.90 Å². The molecule has 1 aromatic rings. The summed E-state index contributed by atoms with van der Waals surface area (Å²) < 4.78 is 0. The number of nitrogens with two attached hydrogens (primary N) is 1. The standard InChI is InChI=1S/C13H21N5O3/c1-9-6-11(16-13(14)15-9)18-5-4-17(3-2-12(20)21)7-10(19)8-18/h6,10,19H,2-5,7-8H2,1H3,(H,20,21)(H2,14,15,16)/t10-/m1/s1. The van der Waals surface area contributed by atoms with Crippen molar-refractivity contribution in [2.75, 3.05) is 43.4 Å². The van der Waals surface area contributed by atoms with Crippen LogP contribution in [0, 0.1) is 6.92 Å². The normalized spacial score (nSPS) is 20.3. The van der Waals surface area contributed by atoms with Crippen molar-refractivity contribution in [3.8, 4) is 0 Å². The van der Waals surface area contributed by atoms with E-state index in [1.807, 2.05) is 22.8 Å². The zero-order chi connectivity index (χ0) is 15.4. The van der Waals surface area contributed by atoms with Gasteiger partial charge in [0.1, 0.15) is 5.82 Å². The minimum Gasteiger partial charge on any atom is -0.481 e. The molecular weight excluding hydrogens is 274 g/mol. The molecule has 1 aliphatic rings. The molecule has 0 bridgehead atoms. The van der Waals surface area contributed by atoms with Crippen molar-refractivity contribution in [1.82, 2.24) is 14.9 Å². The summed E-state index contributed by atoms with van der Waals surface area (Å²) in [6, 6.07) is 1.83. The van der Waals surface area contributed by atoms with Crippen molar-refractivity contribution in [3.05, 3.63) is 11.8 Å². The van der Waals surface area contributed by atoms with Crippen LogP contribution in [-0.4, -0.2) is 69.9 Å². The van der Waals surface area contributed by atoms with Crippen LogP contribution in [-0.2, 0) is 4.79 Å². The van der Waals surface area contributed by atoms with E-state index >= 15 is 0 Å². The lowest BCUT2D eigenvalue weighted by Gasteiger charge is -2.23. The topological polar surface area (TPSA) is 116 Å². The molecule has 1 aliphatic heterocycles. The number of β-amino-alcohol motifs (C(OH)–C–C–N with tert-alkyl or cyclic N) is 1. The van der Waals surface area contributed by atoms with E-state index in [1.54, 1.807) is 0 Å². The van der Waals surface area contributed by atoms with Crippen molar-refractivity contribution in [2.45, 2.75) is 19.4 Å². The van der Waals surface area contributed by atoms with E-state index in [4.69, 9.17) is 10.8 Å². The van der Waals surface area contributed by atoms with Gasteiger partial charge in [-0.1, -0.05) is 0 Å². The highest BCUT2D eigenvalue weighted by molar-refractivity contribution is 5.66. The summed E-state index contributed by atoms with van der Waals surface area (Å²) in [6.07, 6.45) is -0.482. The van der Waals surface area contributed by atoms with Crippen molar-refractivity contribution in [3.63, 3.8) is 0 Å². The summed E-state index contributed by atoms with van der Waals surface area (Å²) >= 11 is 0. The van der Waals surface area contributed by atoms with Gasteiger partial charge in [0.15, 0.2) is 0 Å². The molecular formula is C13H21N5O3. The number of carboxylic acid groups (broad SMARTS) is 1. The third kappa shape index (κ3) is 4.54. The molecule has 0 aromatic carbocycles. The largest absolute Gasteiger partial charge is 0.481 e. The van der Waals surface area contributed by atoms with E-state index in [0.717, 1.165) is 5.69 Å². The lowest BCUT2D eigenvalue weighted by molar-refractivity contribution is -0.137. The van der Waals surface area contributed by atoms with Crippen molar-refractivity contribution in [1.29, 1.82) is 0 Å². The number of nitrogens with zero attached hydrogens (tertiary/aromatic N) is 4. The molecule has 21 heavy (non-hydrogen) atoms. The fourth-order valence-corrected chi connectivity index (χ4v) is 2.46. The van der Waals surface area contributed by atoms with E-state index in [2.05, 4.69) is 9.97 Å². The average Bonchev–Trinajstić information content (AvgIpc) is 2.57. The van der Waals surface area contributed by atoms with Crippen molar-refractivity contribution < 1.29 is 15.0 Å². The van der Waals surface area contributed by atoms with E-state index < -0.39 is 12.1 Å². The first kappa shape index (κ1) is 15.5. The number of aromatic nitrogens is 2. The number of nitrogen functional groups attached to an aromatic ring is 1. The van der Waals surface area contributed by atoms with Crippen LogP contribution in [0.15, 0.2) is 6.07 Å². The minimum absolute atomic E-state index is 0.0757. The zero-order valence-electron chi connectivity index (χ0n) is 12.1. The highest BCUT2D eigenvalue weighted by Gasteiger charge is 2.22. The minimum atomic E-state index is -0.829. The summed E-state index contributed by atoms with van der Waals surface area (Å²) in [4.78, 5) is 22.8. The lowest BCUT2D eigenvalue weighted by Crippen LogP contribution is -2.34. The Bertz CT molecular complexity index is 490. The number of aliphatic hydroxyl groups is 1. The molecule has 116 valence electrons. The number of aliphatic carboxylic acids is 1. The molecule has 4 N–H and O–H groups in total. The summed E-state index contributed by atoms with van der Waals surface area (Å²) in [5, 5.41) is 18.8. The number of carboxylic acids is 1. The Balaban J connectivity index is 2.04. The molecule has 0 saturated carbocycles. The van der Waals surface area contributed by atoms with Gasteiger partial charge in [-0.15, -0.1) is 0 Å². The van der Waals surface area contributed by atoms with Crippen LogP contribution in [0.25, 0.3) is 0 Å². The molecule has 1 fully saturated rings. The Hall–Kier alpha value is -1.93. The van der Waals surface area contributed by atoms with Gasteiger partial charge in [0.05, 0.1) is 12.5 Å². The summed E-state index contributed by atoms with van der Waals surface area (Å²) in [6.45, 7) is 4.52. The van der Waals surface area contributed by atoms with Crippen molar-refractivity contribution in [2.24, 2.45) is 0 Å². The molecule has 2 rings (SSSR count). The summed E-state index contributed by atoms with van der Waals surface area (Å²) in [5.41, 5.74) is 6.44. The number of hydrogen-bond acceptors (Lipinski definition) is 7. The number of rotatable bonds is 4. The van der Waals surface area contributed by atoms with Gasteiger partial charge in [0.25, 0.3) is 0 Å². The Morgan fingerprint density at radius 2 is 2.19 bits per heavy atom. The van der Waals surface area contributed by atoms with Crippen LogP contribution in [0.2, 0.25) is 0 Å². The molecule has 1 aromatic heterocycles. The average molecular weight is 295 g/mol. The van der Waals surface area contributed by atoms with Crippen LogP contribution in [0.3, 0.4) is 0 Å². The predicted molar refractivity (Wildman–Crippen MR) is 78.1 cm³/mol. The number of carbonyl (C=O) groups is 1. The molecule has 1 saturated heterocycles. The fraction of sp³-hybridized carbons (Fsp3) is 0.615. The molecule has 0 aliphatic carbocycles. The summed E-state index contributed by atoms with van der Waals surface area (Å²) in [7, 11) is 0. The van der Waals surface area contributed by atoms with Gasteiger partial charge in [-0.2, -0.15) is 4.98 Å². The Morgan fingerprint density at radius 3 is 2.86 bits per heavy atom. The first-order valence-corrected chi connectivity index (χ1v) is 6.92. The van der Waals surface area contributed by atoms with Crippen LogP contribution < -0.4 is 10.6 Å². The smallest absolute Gasteiger partial charge is 0.304 e. The Kier molecular flexibility index (Phi) is 4.92. The maximum atomic E-state index is 10.6. The first-order valence-electron chi connectivity index (χ1n) is 6.92. The molecule has 0 radical (unpaired) electrons. The number of anilines is 2. The van der Waals surface area contributed by atoms with Gasteiger partial charge < -0.3 is 20.8 Å². The molecule has 8 heteroatoms. The Labute approximate surface area is 123 Å². The molecule has 0 amide bonds. The van der Waals surface area contributed by atoms with E-state index in [0.29, 0.717) is 38.5 Å². The quantitative estimate of drug-likeness (QED) is 0.669. The van der Waals surface area contributed by atoms with Crippen LogP contribution in [0.4, 0.5) is 11.8 Å². The zero-order valence-corrected chi connectivity index (χ0v) is 12.1. The van der Waals surface area contributed by atoms with Crippen LogP contribution in [0.5, 0.6) is 0 Å². The van der Waals surface area contributed by atoms with Gasteiger partial charge in [-0.3, -0.25) is 9.69 Å². The van der Waals surface area contributed by atoms with E-state index in [-0.39, 0.29) is 12.4 Å². The van der Waals surface area contributed by atoms with Gasteiger partial charge in [-0.25, -0.2) is 4.98 Å². The van der Waals surface area contributed by atoms with Gasteiger partial charge in [0, 0.05) is 44.5 Å². The third-order valence-electron chi connectivity index (χ3n) is 3.41. The maximum absolute atomic E-state index is 10.6. The van der Waals surface area contributed by atoms with Crippen LogP contribution in [0.1, 0.15) is 12.1 Å². The number of aryl methyl sites for hydroxylation is 1. The second-order valence-corrected chi connectivity index (χ2v) is 5.27. The lowest BCUT2D eigenvalue weighted by atomic mass is 10.3. The van der Waals surface area contributed by atoms with Crippen molar-refractivity contribution >= 4 is 17.7 Å². The summed E-state index contributed by atoms with van der Waals surface area (Å²) in [5.74, 6) is 0.0791. The molecule has 0 spiro atoms. The van der Waals surface area contributed by atoms with E-state index in [1.165, 1.54) is 0 Å². The highest BCUT2D eigenvalue weighted by atomic mass is 16.4. The van der Waals surface area contributed by atoms with Crippen LogP contribution >= 0.6 is 0 Å². The Morgan fingerprint density at radius 1 is 1.43 bits per heavy atom. The second-order valence-electron chi connectivity index (χ2n) is 5.27. The van der Waals surface area contributed by atoms with Gasteiger partial charge in [-0.05, 0) is 6.92 Å². The second kappa shape index (κ2) is 6.68.